The Bertz CT molecular complexity index is 1420. The van der Waals surface area contributed by atoms with Crippen molar-refractivity contribution in [1.29, 1.82) is 0 Å². The van der Waals surface area contributed by atoms with Gasteiger partial charge in [-0.05, 0) is 64.3 Å². The average Bonchev–Trinajstić information content (AvgIpc) is 3.02. The van der Waals surface area contributed by atoms with Gasteiger partial charge in [-0.25, -0.2) is 9.59 Å². The number of unbranched alkanes of at least 4 members (excludes halogenated alkanes) is 1. The molecule has 0 spiro atoms. The number of carboxylic acid groups (broad SMARTS) is 2. The first kappa shape index (κ1) is 35.1. The molecule has 0 radical (unpaired) electrons. The number of carbonyl (C=O) groups is 2. The molecule has 2 unspecified atom stereocenters. The van der Waals surface area contributed by atoms with Crippen molar-refractivity contribution in [2.75, 3.05) is 32.8 Å². The number of hydrogen-bond acceptors (Lipinski definition) is 9. The Morgan fingerprint density at radius 3 is 2.29 bits per heavy atom. The van der Waals surface area contributed by atoms with Crippen LogP contribution in [0, 0.1) is 10.1 Å². The quantitative estimate of drug-likeness (QED) is 0.101. The first-order valence-electron chi connectivity index (χ1n) is 15.2. The van der Waals surface area contributed by atoms with Crippen LogP contribution < -0.4 is 14.8 Å². The van der Waals surface area contributed by atoms with Gasteiger partial charge >= 0.3 is 11.9 Å². The summed E-state index contributed by atoms with van der Waals surface area (Å²) < 4.78 is 11.7. The van der Waals surface area contributed by atoms with Gasteiger partial charge in [-0.15, -0.1) is 0 Å². The lowest BCUT2D eigenvalue weighted by Gasteiger charge is -2.45. The molecule has 1 heterocycles. The maximum Gasteiger partial charge on any atom is 0.334 e. The third-order valence-electron chi connectivity index (χ3n) is 8.05. The van der Waals surface area contributed by atoms with E-state index in [4.69, 9.17) is 9.47 Å². The number of para-hydroxylation sites is 1. The number of aliphatic carboxylic acids is 2. The van der Waals surface area contributed by atoms with Crippen molar-refractivity contribution in [2.45, 2.75) is 64.9 Å². The second kappa shape index (κ2) is 16.1. The van der Waals surface area contributed by atoms with E-state index in [1.54, 1.807) is 25.7 Å². The van der Waals surface area contributed by atoms with E-state index in [1.165, 1.54) is 18.2 Å². The highest BCUT2D eigenvalue weighted by Gasteiger charge is 2.52. The predicted molar refractivity (Wildman–Crippen MR) is 168 cm³/mol. The Morgan fingerprint density at radius 1 is 1.02 bits per heavy atom. The lowest BCUT2D eigenvalue weighted by Crippen LogP contribution is -2.46. The van der Waals surface area contributed by atoms with Gasteiger partial charge < -0.3 is 35.0 Å². The number of ether oxygens (including phenoxy) is 2. The van der Waals surface area contributed by atoms with Crippen molar-refractivity contribution < 1.29 is 39.3 Å². The summed E-state index contributed by atoms with van der Waals surface area (Å²) in [6.45, 7) is 8.56. The Morgan fingerprint density at radius 2 is 1.71 bits per heavy atom. The van der Waals surface area contributed by atoms with Gasteiger partial charge in [-0.1, -0.05) is 32.0 Å². The fourth-order valence-electron chi connectivity index (χ4n) is 6.07. The van der Waals surface area contributed by atoms with Crippen LogP contribution >= 0.6 is 0 Å². The fourth-order valence-corrected chi connectivity index (χ4v) is 6.07. The monoisotopic (exact) mass is 625 g/mol. The number of nitro benzene ring substituents is 1. The van der Waals surface area contributed by atoms with Gasteiger partial charge in [0, 0.05) is 42.2 Å². The number of aliphatic hydroxyl groups excluding tert-OH is 1. The molecular weight excluding hydrogens is 582 g/mol. The standard InChI is InChI=1S/C33H43N3O9/c1-5-27-30(32(40)41)33(6-2,29(31(38)39)22(4)35(27)7-3)26-19-23(36(42)43)15-16-28(26)44-18-12-11-17-34-20-24(37)21-45-25-13-9-8-10-14-25/h8-10,13-16,19,24,34,37H,5-7,11-12,17-18,20-21H2,1-4H3,(H,38,39)(H,40,41). The zero-order chi connectivity index (χ0) is 33.1. The molecule has 0 fully saturated rings. The second-order valence-corrected chi connectivity index (χ2v) is 10.7. The Labute approximate surface area is 263 Å². The van der Waals surface area contributed by atoms with Crippen molar-refractivity contribution >= 4 is 17.6 Å². The molecular formula is C33H43N3O9. The summed E-state index contributed by atoms with van der Waals surface area (Å²) in [5.74, 6) is -1.73. The number of nitrogens with zero attached hydrogens (tertiary/aromatic N) is 2. The summed E-state index contributed by atoms with van der Waals surface area (Å²) in [6.07, 6.45) is 0.890. The number of non-ortho nitro benzene ring substituents is 1. The highest BCUT2D eigenvalue weighted by Crippen LogP contribution is 2.53. The minimum Gasteiger partial charge on any atom is -0.493 e. The van der Waals surface area contributed by atoms with Crippen molar-refractivity contribution in [3.8, 4) is 11.5 Å². The van der Waals surface area contributed by atoms with Gasteiger partial charge in [-0.3, -0.25) is 10.1 Å². The van der Waals surface area contributed by atoms with E-state index in [1.807, 2.05) is 37.3 Å². The SMILES string of the molecule is CCC1=C(C(=O)O)C(CC)(c2cc([N+](=O)[O-])ccc2OCCCCNCC(O)COc2ccccc2)C(C(=O)O)=C(C)N1CC. The Balaban J connectivity index is 1.82. The number of allylic oxidation sites excluding steroid dienone is 2. The maximum atomic E-state index is 13.0. The molecule has 1 aliphatic heterocycles. The van der Waals surface area contributed by atoms with Gasteiger partial charge in [0.2, 0.25) is 0 Å². The molecule has 2 atom stereocenters. The van der Waals surface area contributed by atoms with E-state index < -0.39 is 28.4 Å². The van der Waals surface area contributed by atoms with Crippen LogP contribution in [0.5, 0.6) is 11.5 Å². The van der Waals surface area contributed by atoms with Crippen molar-refractivity contribution in [3.63, 3.8) is 0 Å². The average molecular weight is 626 g/mol. The maximum absolute atomic E-state index is 13.0. The summed E-state index contributed by atoms with van der Waals surface area (Å²) in [4.78, 5) is 38.8. The molecule has 2 aromatic carbocycles. The largest absolute Gasteiger partial charge is 0.493 e. The van der Waals surface area contributed by atoms with Gasteiger partial charge in [0.05, 0.1) is 28.1 Å². The van der Waals surface area contributed by atoms with E-state index in [9.17, 15) is 35.0 Å². The van der Waals surface area contributed by atoms with Crippen LogP contribution in [0.3, 0.4) is 0 Å². The van der Waals surface area contributed by atoms with Crippen LogP contribution in [0.25, 0.3) is 0 Å². The number of nitrogens with one attached hydrogen (secondary N) is 1. The molecule has 0 aromatic heterocycles. The lowest BCUT2D eigenvalue weighted by atomic mass is 9.63. The van der Waals surface area contributed by atoms with Crippen LogP contribution in [-0.4, -0.2) is 76.0 Å². The van der Waals surface area contributed by atoms with Crippen molar-refractivity contribution in [1.82, 2.24) is 10.2 Å². The fraction of sp³-hybridized carbons (Fsp3) is 0.455. The third-order valence-corrected chi connectivity index (χ3v) is 8.05. The molecule has 1 aliphatic rings. The summed E-state index contributed by atoms with van der Waals surface area (Å²) in [7, 11) is 0. The zero-order valence-electron chi connectivity index (χ0n) is 26.2. The summed E-state index contributed by atoms with van der Waals surface area (Å²) in [5, 5.41) is 46.2. The van der Waals surface area contributed by atoms with E-state index in [-0.39, 0.29) is 47.8 Å². The lowest BCUT2D eigenvalue weighted by molar-refractivity contribution is -0.385. The first-order valence-corrected chi connectivity index (χ1v) is 15.2. The van der Waals surface area contributed by atoms with Crippen LogP contribution in [-0.2, 0) is 15.0 Å². The number of aliphatic hydroxyl groups is 1. The molecule has 12 heteroatoms. The van der Waals surface area contributed by atoms with E-state index in [0.717, 1.165) is 0 Å². The molecule has 0 bridgehead atoms. The minimum atomic E-state index is -1.71. The summed E-state index contributed by atoms with van der Waals surface area (Å²) in [6, 6.07) is 13.1. The number of benzene rings is 2. The summed E-state index contributed by atoms with van der Waals surface area (Å²) >= 11 is 0. The van der Waals surface area contributed by atoms with Crippen LogP contribution in [0.2, 0.25) is 0 Å². The molecule has 4 N–H and O–H groups in total. The predicted octanol–water partition coefficient (Wildman–Crippen LogP) is 4.87. The Kier molecular flexibility index (Phi) is 12.5. The highest BCUT2D eigenvalue weighted by molar-refractivity contribution is 6.01. The third kappa shape index (κ3) is 7.81. The van der Waals surface area contributed by atoms with Crippen molar-refractivity contribution in [3.05, 3.63) is 86.7 Å². The molecule has 244 valence electrons. The molecule has 0 saturated carbocycles. The van der Waals surface area contributed by atoms with Crippen LogP contribution in [0.1, 0.15) is 58.9 Å². The van der Waals surface area contributed by atoms with Crippen LogP contribution in [0.15, 0.2) is 71.1 Å². The topological polar surface area (TPSA) is 172 Å². The summed E-state index contributed by atoms with van der Waals surface area (Å²) in [5.41, 5.74) is -1.31. The number of nitro groups is 1. The number of hydrogen-bond donors (Lipinski definition) is 4. The number of carboxylic acids is 2. The van der Waals surface area contributed by atoms with Gasteiger partial charge in [0.15, 0.2) is 0 Å². The Hall–Kier alpha value is -4.42. The smallest absolute Gasteiger partial charge is 0.334 e. The normalized spacial score (nSPS) is 17.3. The van der Waals surface area contributed by atoms with Gasteiger partial charge in [0.1, 0.15) is 24.2 Å². The first-order chi connectivity index (χ1) is 21.5. The molecule has 12 nitrogen and oxygen atoms in total. The van der Waals surface area contributed by atoms with Gasteiger partial charge in [-0.2, -0.15) is 0 Å². The highest BCUT2D eigenvalue weighted by atomic mass is 16.6. The molecule has 2 aromatic rings. The second-order valence-electron chi connectivity index (χ2n) is 10.7. The molecule has 3 rings (SSSR count). The zero-order valence-corrected chi connectivity index (χ0v) is 26.2. The molecule has 0 amide bonds. The van der Waals surface area contributed by atoms with E-state index >= 15 is 0 Å². The van der Waals surface area contributed by atoms with Crippen molar-refractivity contribution in [2.24, 2.45) is 0 Å². The number of rotatable bonds is 18. The van der Waals surface area contributed by atoms with E-state index in [0.29, 0.717) is 56.0 Å². The van der Waals surface area contributed by atoms with E-state index in [2.05, 4.69) is 5.32 Å². The van der Waals surface area contributed by atoms with Gasteiger partial charge in [0.25, 0.3) is 5.69 Å². The molecule has 0 saturated heterocycles. The molecule has 45 heavy (non-hydrogen) atoms. The molecule has 0 aliphatic carbocycles. The minimum absolute atomic E-state index is 0.0203. The van der Waals surface area contributed by atoms with Crippen LogP contribution in [0.4, 0.5) is 5.69 Å².